The van der Waals surface area contributed by atoms with Crippen molar-refractivity contribution in [2.45, 2.75) is 12.4 Å². The van der Waals surface area contributed by atoms with E-state index < -0.39 is 12.4 Å². The summed E-state index contributed by atoms with van der Waals surface area (Å²) < 4.78 is 9.83. The molecular formula is C8H11ClO3S. The Hall–Kier alpha value is -0.130. The topological polar surface area (TPSA) is 38.7 Å². The van der Waals surface area contributed by atoms with E-state index in [-0.39, 0.29) is 0 Å². The van der Waals surface area contributed by atoms with E-state index in [9.17, 15) is 5.11 Å². The number of rotatable bonds is 4. The van der Waals surface area contributed by atoms with Crippen molar-refractivity contribution in [3.63, 3.8) is 0 Å². The van der Waals surface area contributed by atoms with Crippen LogP contribution < -0.4 is 0 Å². The molecule has 1 aromatic heterocycles. The van der Waals surface area contributed by atoms with Gasteiger partial charge in [0.25, 0.3) is 0 Å². The lowest BCUT2D eigenvalue weighted by molar-refractivity contribution is -0.165. The van der Waals surface area contributed by atoms with Gasteiger partial charge in [0.1, 0.15) is 6.10 Å². The quantitative estimate of drug-likeness (QED) is 0.793. The van der Waals surface area contributed by atoms with E-state index in [0.717, 1.165) is 0 Å². The van der Waals surface area contributed by atoms with Gasteiger partial charge < -0.3 is 14.6 Å². The van der Waals surface area contributed by atoms with Crippen molar-refractivity contribution in [3.05, 3.63) is 21.3 Å². The zero-order valence-electron chi connectivity index (χ0n) is 7.36. The highest BCUT2D eigenvalue weighted by Crippen LogP contribution is 2.31. The Morgan fingerprint density at radius 1 is 1.46 bits per heavy atom. The van der Waals surface area contributed by atoms with E-state index >= 15 is 0 Å². The zero-order valence-corrected chi connectivity index (χ0v) is 8.93. The Balaban J connectivity index is 2.77. The molecule has 0 aromatic carbocycles. The molecule has 0 aliphatic rings. The van der Waals surface area contributed by atoms with Crippen LogP contribution in [-0.4, -0.2) is 25.6 Å². The molecule has 13 heavy (non-hydrogen) atoms. The molecule has 0 bridgehead atoms. The van der Waals surface area contributed by atoms with Gasteiger partial charge in [0.05, 0.1) is 9.90 Å². The van der Waals surface area contributed by atoms with E-state index in [2.05, 4.69) is 0 Å². The van der Waals surface area contributed by atoms with Crippen LogP contribution in [0.25, 0.3) is 0 Å². The predicted octanol–water partition coefficient (Wildman–Crippen LogP) is 2.05. The minimum Gasteiger partial charge on any atom is -0.382 e. The first-order chi connectivity index (χ1) is 6.20. The van der Waals surface area contributed by atoms with Crippen LogP contribution in [0.4, 0.5) is 0 Å². The van der Waals surface area contributed by atoms with Crippen LogP contribution in [0.3, 0.4) is 0 Å². The molecular weight excluding hydrogens is 212 g/mol. The van der Waals surface area contributed by atoms with Gasteiger partial charge in [-0.15, -0.1) is 11.3 Å². The first-order valence-corrected chi connectivity index (χ1v) is 4.93. The largest absolute Gasteiger partial charge is 0.382 e. The summed E-state index contributed by atoms with van der Waals surface area (Å²) in [5.41, 5.74) is 0. The van der Waals surface area contributed by atoms with Crippen molar-refractivity contribution in [3.8, 4) is 0 Å². The average molecular weight is 223 g/mol. The maximum atomic E-state index is 9.73. The minimum atomic E-state index is -0.831. The lowest BCUT2D eigenvalue weighted by atomic mass is 10.3. The summed E-state index contributed by atoms with van der Waals surface area (Å²) >= 11 is 7.21. The molecule has 5 heteroatoms. The van der Waals surface area contributed by atoms with Crippen molar-refractivity contribution < 1.29 is 14.6 Å². The molecule has 0 radical (unpaired) electrons. The first kappa shape index (κ1) is 10.9. The van der Waals surface area contributed by atoms with E-state index in [1.807, 2.05) is 5.38 Å². The molecule has 1 atom stereocenters. The molecule has 0 fully saturated rings. The van der Waals surface area contributed by atoms with Crippen LogP contribution in [-0.2, 0) is 9.47 Å². The third-order valence-corrected chi connectivity index (χ3v) is 3.06. The molecule has 1 aromatic rings. The fraction of sp³-hybridized carbons (Fsp3) is 0.500. The third kappa shape index (κ3) is 2.42. The predicted molar refractivity (Wildman–Crippen MR) is 52.1 cm³/mol. The van der Waals surface area contributed by atoms with Crippen molar-refractivity contribution >= 4 is 22.9 Å². The van der Waals surface area contributed by atoms with Crippen LogP contribution in [0.2, 0.25) is 5.02 Å². The SMILES string of the molecule is COC(OC)C(O)c1sccc1Cl. The van der Waals surface area contributed by atoms with Gasteiger partial charge in [-0.25, -0.2) is 0 Å². The highest BCUT2D eigenvalue weighted by Gasteiger charge is 2.23. The van der Waals surface area contributed by atoms with Gasteiger partial charge in [-0.2, -0.15) is 0 Å². The van der Waals surface area contributed by atoms with Gasteiger partial charge in [-0.3, -0.25) is 0 Å². The standard InChI is InChI=1S/C8H11ClO3S/c1-11-8(12-2)6(10)7-5(9)3-4-13-7/h3-4,6,8,10H,1-2H3. The van der Waals surface area contributed by atoms with Gasteiger partial charge in [0, 0.05) is 14.2 Å². The van der Waals surface area contributed by atoms with Crippen LogP contribution in [0.5, 0.6) is 0 Å². The van der Waals surface area contributed by atoms with E-state index in [1.165, 1.54) is 25.6 Å². The van der Waals surface area contributed by atoms with Crippen LogP contribution >= 0.6 is 22.9 Å². The molecule has 0 saturated carbocycles. The molecule has 3 nitrogen and oxygen atoms in total. The fourth-order valence-electron chi connectivity index (χ4n) is 0.994. The number of aliphatic hydroxyl groups is 1. The summed E-state index contributed by atoms with van der Waals surface area (Å²) in [5.74, 6) is 0. The van der Waals surface area contributed by atoms with Gasteiger partial charge in [-0.1, -0.05) is 11.6 Å². The molecule has 74 valence electrons. The lowest BCUT2D eigenvalue weighted by Crippen LogP contribution is -2.22. The van der Waals surface area contributed by atoms with Gasteiger partial charge in [0.2, 0.25) is 0 Å². The summed E-state index contributed by atoms with van der Waals surface area (Å²) in [7, 11) is 2.94. The molecule has 0 aliphatic heterocycles. The van der Waals surface area contributed by atoms with Crippen LogP contribution in [0, 0.1) is 0 Å². The minimum absolute atomic E-state index is 0.539. The summed E-state index contributed by atoms with van der Waals surface area (Å²) in [5, 5.41) is 12.1. The monoisotopic (exact) mass is 222 g/mol. The van der Waals surface area contributed by atoms with Gasteiger partial charge in [-0.05, 0) is 11.4 Å². The number of ether oxygens (including phenoxy) is 2. The Morgan fingerprint density at radius 3 is 2.46 bits per heavy atom. The van der Waals surface area contributed by atoms with E-state index in [4.69, 9.17) is 21.1 Å². The fourth-order valence-corrected chi connectivity index (χ4v) is 2.16. The maximum Gasteiger partial charge on any atom is 0.187 e. The van der Waals surface area contributed by atoms with Crippen LogP contribution in [0.1, 0.15) is 11.0 Å². The van der Waals surface area contributed by atoms with Crippen LogP contribution in [0.15, 0.2) is 11.4 Å². The molecule has 1 unspecified atom stereocenters. The summed E-state index contributed by atoms with van der Waals surface area (Å²) in [6.45, 7) is 0. The van der Waals surface area contributed by atoms with Crippen molar-refractivity contribution in [1.82, 2.24) is 0 Å². The summed E-state index contributed by atoms with van der Waals surface area (Å²) in [4.78, 5) is 0.662. The normalized spacial score (nSPS) is 13.6. The smallest absolute Gasteiger partial charge is 0.187 e. The number of hydrogen-bond donors (Lipinski definition) is 1. The number of aliphatic hydroxyl groups excluding tert-OH is 1. The van der Waals surface area contributed by atoms with Crippen molar-refractivity contribution in [2.24, 2.45) is 0 Å². The number of hydrogen-bond acceptors (Lipinski definition) is 4. The number of halogens is 1. The molecule has 1 heterocycles. The van der Waals surface area contributed by atoms with Crippen molar-refractivity contribution in [2.75, 3.05) is 14.2 Å². The second kappa shape index (κ2) is 4.93. The molecule has 1 N–H and O–H groups in total. The van der Waals surface area contributed by atoms with Crippen molar-refractivity contribution in [1.29, 1.82) is 0 Å². The maximum absolute atomic E-state index is 9.73. The molecule has 1 rings (SSSR count). The zero-order chi connectivity index (χ0) is 9.84. The Labute approximate surface area is 85.9 Å². The molecule has 0 aliphatic carbocycles. The first-order valence-electron chi connectivity index (χ1n) is 3.67. The van der Waals surface area contributed by atoms with E-state index in [1.54, 1.807) is 6.07 Å². The van der Waals surface area contributed by atoms with Gasteiger partial charge in [0.15, 0.2) is 6.29 Å². The molecule has 0 spiro atoms. The number of methoxy groups -OCH3 is 2. The lowest BCUT2D eigenvalue weighted by Gasteiger charge is -2.18. The Bertz CT molecular complexity index is 260. The Kier molecular flexibility index (Phi) is 4.15. The summed E-state index contributed by atoms with van der Waals surface area (Å²) in [6.07, 6.45) is -1.50. The second-order valence-electron chi connectivity index (χ2n) is 2.42. The molecule has 0 amide bonds. The van der Waals surface area contributed by atoms with Gasteiger partial charge >= 0.3 is 0 Å². The average Bonchev–Trinajstić information content (AvgIpc) is 2.53. The number of thiophene rings is 1. The third-order valence-electron chi connectivity index (χ3n) is 1.64. The molecule has 0 saturated heterocycles. The second-order valence-corrected chi connectivity index (χ2v) is 3.77. The highest BCUT2D eigenvalue weighted by molar-refractivity contribution is 7.10. The Morgan fingerprint density at radius 2 is 2.08 bits per heavy atom. The summed E-state index contributed by atoms with van der Waals surface area (Å²) in [6, 6.07) is 1.73. The van der Waals surface area contributed by atoms with E-state index in [0.29, 0.717) is 9.90 Å². The highest BCUT2D eigenvalue weighted by atomic mass is 35.5.